The molecule has 0 aliphatic carbocycles. The minimum atomic E-state index is -0.553. The fourth-order valence-electron chi connectivity index (χ4n) is 3.32. The van der Waals surface area contributed by atoms with Crippen LogP contribution in [-0.2, 0) is 33.9 Å². The molecule has 4 rings (SSSR count). The molecule has 1 N–H and O–H groups in total. The van der Waals surface area contributed by atoms with Crippen LogP contribution in [0.2, 0.25) is 0 Å². The molecule has 0 saturated carbocycles. The van der Waals surface area contributed by atoms with E-state index in [1.165, 1.54) is 16.2 Å². The van der Waals surface area contributed by atoms with Crippen molar-refractivity contribution in [3.8, 4) is 0 Å². The van der Waals surface area contributed by atoms with Crippen molar-refractivity contribution >= 4 is 34.8 Å². The summed E-state index contributed by atoms with van der Waals surface area (Å²) in [5.74, 6) is -0.945. The zero-order chi connectivity index (χ0) is 22.5. The number of ether oxygens (including phenoxy) is 1. The molecule has 3 aromatic rings. The van der Waals surface area contributed by atoms with Crippen LogP contribution in [0.15, 0.2) is 66.6 Å². The van der Waals surface area contributed by atoms with Gasteiger partial charge in [-0.2, -0.15) is 0 Å². The lowest BCUT2D eigenvalue weighted by Crippen LogP contribution is -2.30. The Morgan fingerprint density at radius 2 is 1.78 bits per heavy atom. The van der Waals surface area contributed by atoms with E-state index in [2.05, 4.69) is 16.9 Å². The monoisotopic (exact) mass is 447 g/mol. The Hall–Kier alpha value is -3.78. The summed E-state index contributed by atoms with van der Waals surface area (Å²) in [4.78, 5) is 42.6. The second kappa shape index (κ2) is 9.57. The predicted octanol–water partition coefficient (Wildman–Crippen LogP) is 3.17. The van der Waals surface area contributed by atoms with Crippen LogP contribution in [0.3, 0.4) is 0 Å². The summed E-state index contributed by atoms with van der Waals surface area (Å²) < 4.78 is 5.28. The number of benzene rings is 2. The Kier molecular flexibility index (Phi) is 6.42. The second-order valence-corrected chi connectivity index (χ2v) is 8.16. The van der Waals surface area contributed by atoms with E-state index in [0.717, 1.165) is 11.1 Å². The Labute approximate surface area is 189 Å². The predicted molar refractivity (Wildman–Crippen MR) is 120 cm³/mol. The Morgan fingerprint density at radius 1 is 1.06 bits per heavy atom. The van der Waals surface area contributed by atoms with E-state index in [1.807, 2.05) is 36.4 Å². The Morgan fingerprint density at radius 3 is 2.53 bits per heavy atom. The van der Waals surface area contributed by atoms with Gasteiger partial charge in [0.1, 0.15) is 18.2 Å². The first-order chi connectivity index (χ1) is 15.5. The third-order valence-corrected chi connectivity index (χ3v) is 5.85. The van der Waals surface area contributed by atoms with Gasteiger partial charge in [0.2, 0.25) is 5.91 Å². The van der Waals surface area contributed by atoms with Crippen molar-refractivity contribution in [2.24, 2.45) is 0 Å². The number of fused-ring (bicyclic) bond motifs is 1. The molecule has 0 bridgehead atoms. The smallest absolute Gasteiger partial charge is 0.326 e. The van der Waals surface area contributed by atoms with E-state index >= 15 is 0 Å². The maximum absolute atomic E-state index is 12.5. The first-order valence-electron chi connectivity index (χ1n) is 10.0. The summed E-state index contributed by atoms with van der Waals surface area (Å²) in [6.45, 7) is 4.13. The number of amides is 2. The minimum absolute atomic E-state index is 0.0254. The highest BCUT2D eigenvalue weighted by molar-refractivity contribution is 7.09. The summed E-state index contributed by atoms with van der Waals surface area (Å²) in [7, 11) is 0. The van der Waals surface area contributed by atoms with E-state index in [4.69, 9.17) is 4.74 Å². The number of nitrogens with zero attached hydrogens (tertiary/aromatic N) is 2. The maximum Gasteiger partial charge on any atom is 0.326 e. The van der Waals surface area contributed by atoms with Gasteiger partial charge in [-0.1, -0.05) is 55.1 Å². The lowest BCUT2D eigenvalue weighted by molar-refractivity contribution is -0.145. The van der Waals surface area contributed by atoms with Crippen LogP contribution in [0.5, 0.6) is 0 Å². The number of rotatable bonds is 8. The molecular formula is C24H21N3O4S. The van der Waals surface area contributed by atoms with Crippen molar-refractivity contribution in [1.82, 2.24) is 15.2 Å². The van der Waals surface area contributed by atoms with Gasteiger partial charge < -0.3 is 10.1 Å². The third kappa shape index (κ3) is 4.92. The van der Waals surface area contributed by atoms with Gasteiger partial charge in [0, 0.05) is 28.7 Å². The van der Waals surface area contributed by atoms with E-state index in [0.29, 0.717) is 28.5 Å². The van der Waals surface area contributed by atoms with E-state index < -0.39 is 5.97 Å². The van der Waals surface area contributed by atoms with Crippen molar-refractivity contribution in [1.29, 1.82) is 0 Å². The Balaban J connectivity index is 1.24. The molecule has 0 unspecified atom stereocenters. The average molecular weight is 448 g/mol. The van der Waals surface area contributed by atoms with Crippen LogP contribution in [0.4, 0.5) is 0 Å². The van der Waals surface area contributed by atoms with Crippen LogP contribution >= 0.6 is 11.3 Å². The molecule has 2 aromatic carbocycles. The van der Waals surface area contributed by atoms with Crippen molar-refractivity contribution in [3.05, 3.63) is 93.9 Å². The highest BCUT2D eigenvalue weighted by Gasteiger charge is 2.32. The highest BCUT2D eigenvalue weighted by Crippen LogP contribution is 2.30. The lowest BCUT2D eigenvalue weighted by Gasteiger charge is -2.16. The summed E-state index contributed by atoms with van der Waals surface area (Å²) in [5, 5.41) is 5.25. The number of thiazole rings is 1. The number of hydrogen-bond acceptors (Lipinski definition) is 6. The molecule has 1 aliphatic rings. The van der Waals surface area contributed by atoms with Gasteiger partial charge in [-0.15, -0.1) is 11.3 Å². The van der Waals surface area contributed by atoms with Crippen LogP contribution in [0, 0.1) is 0 Å². The van der Waals surface area contributed by atoms with Gasteiger partial charge >= 0.3 is 5.97 Å². The molecule has 1 aliphatic heterocycles. The molecule has 162 valence electrons. The molecule has 2 heterocycles. The number of hydrogen-bond donors (Lipinski definition) is 1. The van der Waals surface area contributed by atoms with Crippen molar-refractivity contribution in [3.63, 3.8) is 0 Å². The molecule has 0 saturated heterocycles. The quantitative estimate of drug-likeness (QED) is 0.536. The Bertz CT molecular complexity index is 1140. The summed E-state index contributed by atoms with van der Waals surface area (Å²) >= 11 is 1.33. The van der Waals surface area contributed by atoms with E-state index in [1.54, 1.807) is 23.6 Å². The maximum atomic E-state index is 12.5. The summed E-state index contributed by atoms with van der Waals surface area (Å²) in [6, 6.07) is 16.8. The highest BCUT2D eigenvalue weighted by atomic mass is 32.1. The number of carbonyl (C=O) groups excluding carboxylic acids is 3. The molecule has 7 nitrogen and oxygen atoms in total. The topological polar surface area (TPSA) is 88.6 Å². The van der Waals surface area contributed by atoms with Crippen LogP contribution < -0.4 is 5.32 Å². The normalized spacial score (nSPS) is 12.6. The van der Waals surface area contributed by atoms with Gasteiger partial charge in [-0.25, -0.2) is 4.98 Å². The van der Waals surface area contributed by atoms with Gasteiger partial charge in [0.15, 0.2) is 0 Å². The molecule has 8 heteroatoms. The van der Waals surface area contributed by atoms with Gasteiger partial charge in [0.05, 0.1) is 12.1 Å². The number of nitrogens with one attached hydrogen (secondary N) is 1. The molecule has 0 spiro atoms. The van der Waals surface area contributed by atoms with Crippen LogP contribution in [0.1, 0.15) is 32.2 Å². The largest absolute Gasteiger partial charge is 0.458 e. The first kappa shape index (κ1) is 21.5. The number of esters is 1. The lowest BCUT2D eigenvalue weighted by atomic mass is 10.1. The molecular weight excluding hydrogens is 426 g/mol. The van der Waals surface area contributed by atoms with Gasteiger partial charge in [-0.3, -0.25) is 19.3 Å². The van der Waals surface area contributed by atoms with Crippen LogP contribution in [-0.4, -0.2) is 34.2 Å². The zero-order valence-electron chi connectivity index (χ0n) is 17.2. The summed E-state index contributed by atoms with van der Waals surface area (Å²) in [6.07, 6.45) is 0.159. The standard InChI is InChI=1S/C24H21N3O4S/c1-16-19-9-5-6-10-20(19)24(30)27(16)13-23(29)31-14-18-15-32-22(26-18)11-21(28)25-12-17-7-3-2-4-8-17/h2-10,15H,1,11-14H2,(H,25,28). The molecule has 0 radical (unpaired) electrons. The fraction of sp³-hybridized carbons (Fsp3) is 0.167. The van der Waals surface area contributed by atoms with Crippen LogP contribution in [0.25, 0.3) is 5.70 Å². The zero-order valence-corrected chi connectivity index (χ0v) is 18.1. The van der Waals surface area contributed by atoms with Gasteiger partial charge in [0.25, 0.3) is 5.91 Å². The molecule has 0 atom stereocenters. The minimum Gasteiger partial charge on any atom is -0.458 e. The van der Waals surface area contributed by atoms with E-state index in [-0.39, 0.29) is 31.4 Å². The fourth-order valence-corrected chi connectivity index (χ4v) is 4.10. The van der Waals surface area contributed by atoms with E-state index in [9.17, 15) is 14.4 Å². The average Bonchev–Trinajstić information content (AvgIpc) is 3.35. The third-order valence-electron chi connectivity index (χ3n) is 4.95. The number of aromatic nitrogens is 1. The summed E-state index contributed by atoms with van der Waals surface area (Å²) in [5.41, 5.74) is 3.32. The molecule has 1 aromatic heterocycles. The second-order valence-electron chi connectivity index (χ2n) is 7.22. The SMILES string of the molecule is C=C1c2ccccc2C(=O)N1CC(=O)OCc1csc(CC(=O)NCc2ccccc2)n1. The molecule has 0 fully saturated rings. The number of carbonyl (C=O) groups is 3. The molecule has 32 heavy (non-hydrogen) atoms. The first-order valence-corrected chi connectivity index (χ1v) is 10.9. The van der Waals surface area contributed by atoms with Crippen molar-refractivity contribution < 1.29 is 19.1 Å². The molecule has 2 amide bonds. The van der Waals surface area contributed by atoms with Crippen molar-refractivity contribution in [2.75, 3.05) is 6.54 Å². The van der Waals surface area contributed by atoms with Gasteiger partial charge in [-0.05, 0) is 11.6 Å². The van der Waals surface area contributed by atoms with Crippen molar-refractivity contribution in [2.45, 2.75) is 19.6 Å².